The standard InChI is InChI=1S/C22H26N2O3S.C9H8F3NO2/c1-24(21(25)18-10-11-22(14-18)12-13-22)15-16-6-8-17(9-7-16)19-4-2-3-5-20(19)28(23,26)27;10-9(11,12)15-8-3-1-7(2-4-8)5-13-6-14/h2-9,18H,10-15H2,1H3,(H2,23,26,27);1-4,6H,5H2,(H,13,14)/t18-;/m0./s1. The summed E-state index contributed by atoms with van der Waals surface area (Å²) < 4.78 is 62.6. The van der Waals surface area contributed by atoms with E-state index in [0.29, 0.717) is 29.5 Å². The number of nitrogens with two attached hydrogens (primary N) is 1. The molecule has 12 heteroatoms. The van der Waals surface area contributed by atoms with Gasteiger partial charge in [0.2, 0.25) is 22.3 Å². The largest absolute Gasteiger partial charge is 0.573 e. The summed E-state index contributed by atoms with van der Waals surface area (Å²) in [6.07, 6.45) is 1.70. The van der Waals surface area contributed by atoms with Gasteiger partial charge in [-0.2, -0.15) is 0 Å². The molecule has 3 aromatic rings. The van der Waals surface area contributed by atoms with Crippen molar-refractivity contribution in [2.45, 2.75) is 56.5 Å². The van der Waals surface area contributed by atoms with Crippen LogP contribution in [0, 0.1) is 11.3 Å². The summed E-state index contributed by atoms with van der Waals surface area (Å²) in [5.41, 5.74) is 3.58. The van der Waals surface area contributed by atoms with E-state index in [1.807, 2.05) is 36.2 Å². The smallest absolute Gasteiger partial charge is 0.406 e. The van der Waals surface area contributed by atoms with E-state index < -0.39 is 16.4 Å². The van der Waals surface area contributed by atoms with E-state index in [1.165, 1.54) is 49.6 Å². The fraction of sp³-hybridized carbons (Fsp3) is 0.355. The van der Waals surface area contributed by atoms with Gasteiger partial charge in [-0.3, -0.25) is 9.59 Å². The lowest BCUT2D eigenvalue weighted by molar-refractivity contribution is -0.274. The van der Waals surface area contributed by atoms with Crippen LogP contribution in [0.2, 0.25) is 0 Å². The molecule has 1 spiro atoms. The van der Waals surface area contributed by atoms with Crippen LogP contribution < -0.4 is 15.2 Å². The van der Waals surface area contributed by atoms with Crippen molar-refractivity contribution >= 4 is 22.3 Å². The molecular weight excluding hydrogens is 583 g/mol. The zero-order chi connectivity index (χ0) is 31.3. The topological polar surface area (TPSA) is 119 Å². The minimum Gasteiger partial charge on any atom is -0.406 e. The lowest BCUT2D eigenvalue weighted by atomic mass is 10.0. The first-order valence-corrected chi connectivity index (χ1v) is 15.3. The highest BCUT2D eigenvalue weighted by molar-refractivity contribution is 7.89. The number of alkyl halides is 3. The molecule has 8 nitrogen and oxygen atoms in total. The van der Waals surface area contributed by atoms with Crippen molar-refractivity contribution in [3.05, 3.63) is 83.9 Å². The molecule has 0 bridgehead atoms. The summed E-state index contributed by atoms with van der Waals surface area (Å²) in [5, 5.41) is 7.72. The number of sulfonamides is 1. The zero-order valence-electron chi connectivity index (χ0n) is 23.6. The predicted octanol–water partition coefficient (Wildman–Crippen LogP) is 5.37. The second-order valence-electron chi connectivity index (χ2n) is 11.1. The van der Waals surface area contributed by atoms with Gasteiger partial charge >= 0.3 is 6.36 Å². The van der Waals surface area contributed by atoms with E-state index in [9.17, 15) is 31.2 Å². The number of hydrogen-bond acceptors (Lipinski definition) is 5. The Hall–Kier alpha value is -3.90. The normalized spacial score (nSPS) is 17.0. The number of nitrogens with one attached hydrogen (secondary N) is 1. The van der Waals surface area contributed by atoms with Gasteiger partial charge in [0.15, 0.2) is 0 Å². The van der Waals surface area contributed by atoms with Crippen molar-refractivity contribution in [1.82, 2.24) is 10.2 Å². The van der Waals surface area contributed by atoms with Gasteiger partial charge in [-0.25, -0.2) is 13.6 Å². The van der Waals surface area contributed by atoms with Crippen LogP contribution in [-0.2, 0) is 32.7 Å². The number of hydrogen-bond donors (Lipinski definition) is 2. The van der Waals surface area contributed by atoms with Crippen molar-refractivity contribution in [3.8, 4) is 16.9 Å². The van der Waals surface area contributed by atoms with E-state index in [1.54, 1.807) is 18.2 Å². The maximum absolute atomic E-state index is 12.8. The first kappa shape index (κ1) is 32.0. The molecule has 0 aromatic heterocycles. The minimum atomic E-state index is -4.68. The van der Waals surface area contributed by atoms with Crippen LogP contribution in [0.25, 0.3) is 11.1 Å². The summed E-state index contributed by atoms with van der Waals surface area (Å²) in [5.74, 6) is 0.137. The van der Waals surface area contributed by atoms with E-state index >= 15 is 0 Å². The lowest BCUT2D eigenvalue weighted by Gasteiger charge is -2.21. The first-order chi connectivity index (χ1) is 20.3. The van der Waals surface area contributed by atoms with Crippen LogP contribution >= 0.6 is 0 Å². The molecule has 2 saturated carbocycles. The van der Waals surface area contributed by atoms with Crippen LogP contribution in [-0.4, -0.2) is 39.0 Å². The number of carbonyl (C=O) groups excluding carboxylic acids is 2. The number of halogens is 3. The molecule has 0 unspecified atom stereocenters. The van der Waals surface area contributed by atoms with E-state index in [0.717, 1.165) is 24.0 Å². The molecule has 0 aliphatic heterocycles. The maximum atomic E-state index is 12.8. The molecule has 43 heavy (non-hydrogen) atoms. The third kappa shape index (κ3) is 9.04. The van der Waals surface area contributed by atoms with Crippen LogP contribution in [0.15, 0.2) is 77.7 Å². The summed E-state index contributed by atoms with van der Waals surface area (Å²) >= 11 is 0. The second kappa shape index (κ2) is 13.2. The predicted molar refractivity (Wildman–Crippen MR) is 155 cm³/mol. The molecule has 0 saturated heterocycles. The molecule has 2 fully saturated rings. The monoisotopic (exact) mass is 617 g/mol. The summed E-state index contributed by atoms with van der Waals surface area (Å²) in [7, 11) is -1.92. The van der Waals surface area contributed by atoms with E-state index in [-0.39, 0.29) is 29.0 Å². The molecule has 0 radical (unpaired) electrons. The number of ether oxygens (including phenoxy) is 1. The summed E-state index contributed by atoms with van der Waals surface area (Å²) in [4.78, 5) is 24.6. The summed E-state index contributed by atoms with van der Waals surface area (Å²) in [6, 6.07) is 19.6. The van der Waals surface area contributed by atoms with Crippen molar-refractivity contribution in [3.63, 3.8) is 0 Å². The average Bonchev–Trinajstić information content (AvgIpc) is 3.59. The van der Waals surface area contributed by atoms with E-state index in [4.69, 9.17) is 5.14 Å². The van der Waals surface area contributed by atoms with Gasteiger partial charge in [0.25, 0.3) is 0 Å². The van der Waals surface area contributed by atoms with Gasteiger partial charge in [-0.15, -0.1) is 13.2 Å². The van der Waals surface area contributed by atoms with Gasteiger partial charge in [0.05, 0.1) is 4.90 Å². The Bertz CT molecular complexity index is 1520. The molecule has 3 N–H and O–H groups in total. The van der Waals surface area contributed by atoms with Crippen LogP contribution in [0.5, 0.6) is 5.75 Å². The van der Waals surface area contributed by atoms with Crippen molar-refractivity contribution in [1.29, 1.82) is 0 Å². The number of nitrogens with zero attached hydrogens (tertiary/aromatic N) is 1. The SMILES string of the molecule is CN(Cc1ccc(-c2ccccc2S(N)(=O)=O)cc1)C(=O)[C@H]1CCC2(CC2)C1.O=CNCc1ccc(OC(F)(F)F)cc1. The Morgan fingerprint density at radius 1 is 1.02 bits per heavy atom. The third-order valence-electron chi connectivity index (χ3n) is 7.81. The Balaban J connectivity index is 0.000000239. The second-order valence-corrected chi connectivity index (χ2v) is 12.6. The van der Waals surface area contributed by atoms with Gasteiger partial charge in [-0.05, 0) is 72.4 Å². The molecule has 1 atom stereocenters. The Labute approximate surface area is 249 Å². The number of benzene rings is 3. The summed E-state index contributed by atoms with van der Waals surface area (Å²) in [6.45, 7) is 0.829. The molecule has 3 aromatic carbocycles. The lowest BCUT2D eigenvalue weighted by Crippen LogP contribution is -2.31. The number of rotatable bonds is 9. The highest BCUT2D eigenvalue weighted by atomic mass is 32.2. The van der Waals surface area contributed by atoms with Gasteiger partial charge in [-0.1, -0.05) is 54.6 Å². The van der Waals surface area contributed by atoms with Crippen LogP contribution in [0.1, 0.15) is 43.2 Å². The molecule has 2 aliphatic carbocycles. The van der Waals surface area contributed by atoms with Crippen molar-refractivity contribution in [2.75, 3.05) is 7.05 Å². The minimum absolute atomic E-state index is 0.116. The molecule has 5 rings (SSSR count). The number of amides is 2. The van der Waals surface area contributed by atoms with Gasteiger partial charge in [0.1, 0.15) is 5.75 Å². The molecule has 2 amide bonds. The van der Waals surface area contributed by atoms with E-state index in [2.05, 4.69) is 10.1 Å². The number of primary sulfonamides is 1. The Kier molecular flexibility index (Phi) is 9.81. The molecule has 2 aliphatic rings. The van der Waals surface area contributed by atoms with Crippen molar-refractivity contribution < 1.29 is 35.9 Å². The Morgan fingerprint density at radius 3 is 2.21 bits per heavy atom. The molecular formula is C31H34F3N3O5S. The maximum Gasteiger partial charge on any atom is 0.573 e. The van der Waals surface area contributed by atoms with Gasteiger partial charge in [0, 0.05) is 31.6 Å². The van der Waals surface area contributed by atoms with Crippen molar-refractivity contribution in [2.24, 2.45) is 16.5 Å². The van der Waals surface area contributed by atoms with Crippen LogP contribution in [0.4, 0.5) is 13.2 Å². The molecule has 0 heterocycles. The fourth-order valence-corrected chi connectivity index (χ4v) is 6.18. The highest BCUT2D eigenvalue weighted by Gasteiger charge is 2.50. The highest BCUT2D eigenvalue weighted by Crippen LogP contribution is 2.59. The quantitative estimate of drug-likeness (QED) is 0.313. The average molecular weight is 618 g/mol. The van der Waals surface area contributed by atoms with Gasteiger partial charge < -0.3 is 15.0 Å². The molecule has 230 valence electrons. The van der Waals surface area contributed by atoms with Crippen LogP contribution in [0.3, 0.4) is 0 Å². The third-order valence-corrected chi connectivity index (χ3v) is 8.78. The fourth-order valence-electron chi connectivity index (χ4n) is 5.42. The zero-order valence-corrected chi connectivity index (χ0v) is 24.5. The Morgan fingerprint density at radius 2 is 1.65 bits per heavy atom. The first-order valence-electron chi connectivity index (χ1n) is 13.8. The number of carbonyl (C=O) groups is 2.